The number of rotatable bonds is 10. The standard InChI is InChI=1S/C25H54N2/c1-22(2,3)18-26(19-23(4,5)6)16-14-13-15-17-27(20-24(7,8)9)21-25(10,11)12/h13-21H2,1-12H3. The Hall–Kier alpha value is -0.0800. The molecule has 0 aliphatic rings. The van der Waals surface area contributed by atoms with Gasteiger partial charge < -0.3 is 9.80 Å². The summed E-state index contributed by atoms with van der Waals surface area (Å²) in [6.07, 6.45) is 3.99. The molecule has 0 atom stereocenters. The van der Waals surface area contributed by atoms with E-state index < -0.39 is 0 Å². The van der Waals surface area contributed by atoms with E-state index >= 15 is 0 Å². The highest BCUT2D eigenvalue weighted by molar-refractivity contribution is 4.76. The molecule has 2 heteroatoms. The largest absolute Gasteiger partial charge is 0.302 e. The van der Waals surface area contributed by atoms with E-state index in [4.69, 9.17) is 0 Å². The van der Waals surface area contributed by atoms with Crippen molar-refractivity contribution in [1.29, 1.82) is 0 Å². The van der Waals surface area contributed by atoms with Crippen LogP contribution in [0.3, 0.4) is 0 Å². The lowest BCUT2D eigenvalue weighted by molar-refractivity contribution is 0.131. The van der Waals surface area contributed by atoms with Crippen molar-refractivity contribution in [3.63, 3.8) is 0 Å². The van der Waals surface area contributed by atoms with Crippen LogP contribution in [0.4, 0.5) is 0 Å². The third kappa shape index (κ3) is 19.0. The second-order valence-electron chi connectivity index (χ2n) is 13.7. The first-order valence-corrected chi connectivity index (χ1v) is 11.3. The van der Waals surface area contributed by atoms with Crippen LogP contribution in [0.5, 0.6) is 0 Å². The monoisotopic (exact) mass is 382 g/mol. The molecule has 0 aromatic carbocycles. The molecular formula is C25H54N2. The molecule has 0 aliphatic heterocycles. The van der Waals surface area contributed by atoms with E-state index in [1.165, 1.54) is 58.5 Å². The van der Waals surface area contributed by atoms with Crippen molar-refractivity contribution in [1.82, 2.24) is 9.80 Å². The number of hydrogen-bond acceptors (Lipinski definition) is 2. The highest BCUT2D eigenvalue weighted by Gasteiger charge is 2.22. The van der Waals surface area contributed by atoms with Gasteiger partial charge >= 0.3 is 0 Å². The molecule has 0 rings (SSSR count). The first kappa shape index (κ1) is 26.9. The molecule has 0 radical (unpaired) electrons. The Morgan fingerprint density at radius 1 is 0.370 bits per heavy atom. The molecule has 0 heterocycles. The van der Waals surface area contributed by atoms with E-state index in [0.717, 1.165) is 0 Å². The Kier molecular flexibility index (Phi) is 10.6. The van der Waals surface area contributed by atoms with Crippen LogP contribution < -0.4 is 0 Å². The van der Waals surface area contributed by atoms with Gasteiger partial charge in [-0.3, -0.25) is 0 Å². The Balaban J connectivity index is 4.46. The summed E-state index contributed by atoms with van der Waals surface area (Å²) < 4.78 is 0. The Morgan fingerprint density at radius 2 is 0.593 bits per heavy atom. The molecule has 0 bridgehead atoms. The van der Waals surface area contributed by atoms with Crippen LogP contribution in [0.1, 0.15) is 102 Å². The Bertz CT molecular complexity index is 315. The van der Waals surface area contributed by atoms with Crippen molar-refractivity contribution >= 4 is 0 Å². The van der Waals surface area contributed by atoms with Crippen LogP contribution >= 0.6 is 0 Å². The molecule has 0 aromatic heterocycles. The predicted molar refractivity (Wildman–Crippen MR) is 125 cm³/mol. The van der Waals surface area contributed by atoms with Gasteiger partial charge in [-0.15, -0.1) is 0 Å². The fraction of sp³-hybridized carbons (Fsp3) is 1.00. The average Bonchev–Trinajstić information content (AvgIpc) is 2.29. The van der Waals surface area contributed by atoms with Gasteiger partial charge in [-0.2, -0.15) is 0 Å². The van der Waals surface area contributed by atoms with Crippen molar-refractivity contribution < 1.29 is 0 Å². The quantitative estimate of drug-likeness (QED) is 0.377. The summed E-state index contributed by atoms with van der Waals surface area (Å²) >= 11 is 0. The second kappa shape index (κ2) is 10.6. The maximum Gasteiger partial charge on any atom is 0.00303 e. The highest BCUT2D eigenvalue weighted by atomic mass is 15.1. The molecule has 0 amide bonds. The van der Waals surface area contributed by atoms with Gasteiger partial charge in [0.25, 0.3) is 0 Å². The molecule has 0 unspecified atom stereocenters. The SMILES string of the molecule is CC(C)(C)CN(CCCCCN(CC(C)(C)C)CC(C)(C)C)CC(C)(C)C. The summed E-state index contributed by atoms with van der Waals surface area (Å²) in [5.41, 5.74) is 1.51. The minimum atomic E-state index is 0.376. The maximum atomic E-state index is 2.70. The first-order valence-electron chi connectivity index (χ1n) is 11.3. The number of hydrogen-bond donors (Lipinski definition) is 0. The van der Waals surface area contributed by atoms with Gasteiger partial charge in [0, 0.05) is 26.2 Å². The van der Waals surface area contributed by atoms with Crippen LogP contribution in [0.25, 0.3) is 0 Å². The molecule has 0 aliphatic carbocycles. The van der Waals surface area contributed by atoms with E-state index in [2.05, 4.69) is 92.9 Å². The van der Waals surface area contributed by atoms with Crippen LogP contribution in [-0.2, 0) is 0 Å². The summed E-state index contributed by atoms with van der Waals surface area (Å²) in [4.78, 5) is 5.39. The second-order valence-corrected chi connectivity index (χ2v) is 13.7. The van der Waals surface area contributed by atoms with Crippen molar-refractivity contribution in [2.45, 2.75) is 102 Å². The Labute approximate surface area is 173 Å². The average molecular weight is 383 g/mol. The topological polar surface area (TPSA) is 6.48 Å². The number of nitrogens with zero attached hydrogens (tertiary/aromatic N) is 2. The van der Waals surface area contributed by atoms with E-state index in [1.807, 2.05) is 0 Å². The molecule has 164 valence electrons. The van der Waals surface area contributed by atoms with Crippen LogP contribution in [0, 0.1) is 21.7 Å². The molecule has 0 fully saturated rings. The third-order valence-electron chi connectivity index (χ3n) is 4.24. The lowest BCUT2D eigenvalue weighted by Crippen LogP contribution is -2.39. The van der Waals surface area contributed by atoms with Crippen LogP contribution in [0.2, 0.25) is 0 Å². The minimum absolute atomic E-state index is 0.376. The minimum Gasteiger partial charge on any atom is -0.302 e. The lowest BCUT2D eigenvalue weighted by atomic mass is 9.91. The van der Waals surface area contributed by atoms with Gasteiger partial charge in [-0.05, 0) is 47.6 Å². The normalized spacial score (nSPS) is 14.4. The van der Waals surface area contributed by atoms with Crippen molar-refractivity contribution in [3.05, 3.63) is 0 Å². The van der Waals surface area contributed by atoms with Gasteiger partial charge in [-0.25, -0.2) is 0 Å². The zero-order valence-electron chi connectivity index (χ0n) is 21.3. The van der Waals surface area contributed by atoms with Gasteiger partial charge in [0.05, 0.1) is 0 Å². The zero-order chi connectivity index (χ0) is 21.5. The summed E-state index contributed by atoms with van der Waals surface area (Å²) in [5, 5.41) is 0. The number of unbranched alkanes of at least 4 members (excludes halogenated alkanes) is 2. The lowest BCUT2D eigenvalue weighted by Gasteiger charge is -2.35. The summed E-state index contributed by atoms with van der Waals surface area (Å²) in [6.45, 7) is 35.6. The molecule has 0 saturated carbocycles. The fourth-order valence-electron chi connectivity index (χ4n) is 3.96. The zero-order valence-corrected chi connectivity index (χ0v) is 21.3. The fourth-order valence-corrected chi connectivity index (χ4v) is 3.96. The third-order valence-corrected chi connectivity index (χ3v) is 4.24. The van der Waals surface area contributed by atoms with Crippen LogP contribution in [0.15, 0.2) is 0 Å². The summed E-state index contributed by atoms with van der Waals surface area (Å²) in [6, 6.07) is 0. The van der Waals surface area contributed by atoms with Crippen molar-refractivity contribution in [2.75, 3.05) is 39.3 Å². The molecule has 0 aromatic rings. The first-order chi connectivity index (χ1) is 11.9. The highest BCUT2D eigenvalue weighted by Crippen LogP contribution is 2.23. The van der Waals surface area contributed by atoms with Gasteiger partial charge in [0.2, 0.25) is 0 Å². The van der Waals surface area contributed by atoms with Gasteiger partial charge in [0.15, 0.2) is 0 Å². The van der Waals surface area contributed by atoms with Crippen molar-refractivity contribution in [3.8, 4) is 0 Å². The smallest absolute Gasteiger partial charge is 0.00303 e. The molecule has 27 heavy (non-hydrogen) atoms. The van der Waals surface area contributed by atoms with E-state index in [-0.39, 0.29) is 0 Å². The maximum absolute atomic E-state index is 2.70. The summed E-state index contributed by atoms with van der Waals surface area (Å²) in [7, 11) is 0. The van der Waals surface area contributed by atoms with Crippen molar-refractivity contribution in [2.24, 2.45) is 21.7 Å². The molecule has 0 N–H and O–H groups in total. The molecule has 0 saturated heterocycles. The Morgan fingerprint density at radius 3 is 0.778 bits per heavy atom. The van der Waals surface area contributed by atoms with E-state index in [1.54, 1.807) is 0 Å². The van der Waals surface area contributed by atoms with Gasteiger partial charge in [0.1, 0.15) is 0 Å². The molecule has 2 nitrogen and oxygen atoms in total. The summed E-state index contributed by atoms with van der Waals surface area (Å²) in [5.74, 6) is 0. The predicted octanol–water partition coefficient (Wildman–Crippen LogP) is 6.95. The molecule has 0 spiro atoms. The molecular weight excluding hydrogens is 328 g/mol. The van der Waals surface area contributed by atoms with Crippen LogP contribution in [-0.4, -0.2) is 49.1 Å². The van der Waals surface area contributed by atoms with E-state index in [0.29, 0.717) is 21.7 Å². The van der Waals surface area contributed by atoms with Gasteiger partial charge in [-0.1, -0.05) is 89.5 Å². The van der Waals surface area contributed by atoms with E-state index in [9.17, 15) is 0 Å².